The zero-order valence-corrected chi connectivity index (χ0v) is 12.4. The van der Waals surface area contributed by atoms with Gasteiger partial charge in [-0.1, -0.05) is 12.1 Å². The van der Waals surface area contributed by atoms with Crippen LogP contribution in [0.5, 0.6) is 5.75 Å². The number of nitrogens with zero attached hydrogens (tertiary/aromatic N) is 1. The molecule has 120 valence electrons. The molecule has 1 aliphatic heterocycles. The lowest BCUT2D eigenvalue weighted by Crippen LogP contribution is -2.45. The summed E-state index contributed by atoms with van der Waals surface area (Å²) in [6.45, 7) is 3.06. The molecule has 1 aromatic carbocycles. The smallest absolute Gasteiger partial charge is 0.389 e. The van der Waals surface area contributed by atoms with Gasteiger partial charge in [-0.2, -0.15) is 13.2 Å². The number of nitrogens with one attached hydrogen (secondary N) is 1. The number of piperazine rings is 1. The molecule has 2 N–H and O–H groups in total. The van der Waals surface area contributed by atoms with Gasteiger partial charge in [0.15, 0.2) is 0 Å². The molecule has 2 rings (SSSR count). The SMILES string of the molecule is Cl.Oc1ccc([C@H](CCC(F)(F)F)N2CCNCC2)cc1. The average molecular weight is 325 g/mol. The summed E-state index contributed by atoms with van der Waals surface area (Å²) in [6, 6.07) is 6.21. The lowest BCUT2D eigenvalue weighted by molar-refractivity contribution is -0.138. The van der Waals surface area contributed by atoms with Crippen LogP contribution in [0.1, 0.15) is 24.4 Å². The van der Waals surface area contributed by atoms with Gasteiger partial charge in [0, 0.05) is 38.6 Å². The minimum atomic E-state index is -4.14. The predicted octanol–water partition coefficient (Wildman–Crippen LogP) is 3.10. The van der Waals surface area contributed by atoms with Crippen molar-refractivity contribution in [3.63, 3.8) is 0 Å². The van der Waals surface area contributed by atoms with Crippen molar-refractivity contribution in [2.24, 2.45) is 0 Å². The van der Waals surface area contributed by atoms with Crippen LogP contribution in [0.15, 0.2) is 24.3 Å². The van der Waals surface area contributed by atoms with Gasteiger partial charge in [0.1, 0.15) is 5.75 Å². The monoisotopic (exact) mass is 324 g/mol. The van der Waals surface area contributed by atoms with Crippen molar-refractivity contribution in [1.82, 2.24) is 10.2 Å². The van der Waals surface area contributed by atoms with Crippen LogP contribution < -0.4 is 5.32 Å². The minimum Gasteiger partial charge on any atom is -0.508 e. The highest BCUT2D eigenvalue weighted by molar-refractivity contribution is 5.85. The van der Waals surface area contributed by atoms with E-state index in [0.29, 0.717) is 0 Å². The molecule has 0 spiro atoms. The van der Waals surface area contributed by atoms with Crippen LogP contribution in [0.4, 0.5) is 13.2 Å². The molecule has 1 saturated heterocycles. The Morgan fingerprint density at radius 1 is 1.14 bits per heavy atom. The number of hydrogen-bond donors (Lipinski definition) is 2. The Bertz CT molecular complexity index is 419. The molecule has 0 bridgehead atoms. The average Bonchev–Trinajstić information content (AvgIpc) is 2.41. The van der Waals surface area contributed by atoms with Crippen LogP contribution in [0, 0.1) is 0 Å². The molecule has 3 nitrogen and oxygen atoms in total. The first-order valence-corrected chi connectivity index (χ1v) is 6.76. The fraction of sp³-hybridized carbons (Fsp3) is 0.571. The summed E-state index contributed by atoms with van der Waals surface area (Å²) < 4.78 is 37.5. The highest BCUT2D eigenvalue weighted by Crippen LogP contribution is 2.32. The summed E-state index contributed by atoms with van der Waals surface area (Å²) in [5, 5.41) is 12.5. The van der Waals surface area contributed by atoms with Crippen molar-refractivity contribution in [3.8, 4) is 5.75 Å². The Hall–Kier alpha value is -0.980. The molecule has 0 aromatic heterocycles. The molecule has 0 unspecified atom stereocenters. The highest BCUT2D eigenvalue weighted by Gasteiger charge is 2.31. The van der Waals surface area contributed by atoms with Gasteiger partial charge in [-0.25, -0.2) is 0 Å². The number of halogens is 4. The molecular weight excluding hydrogens is 305 g/mol. The van der Waals surface area contributed by atoms with E-state index in [2.05, 4.69) is 10.2 Å². The van der Waals surface area contributed by atoms with Crippen LogP contribution in [-0.4, -0.2) is 42.4 Å². The van der Waals surface area contributed by atoms with Gasteiger partial charge in [0.2, 0.25) is 0 Å². The number of aromatic hydroxyl groups is 1. The minimum absolute atomic E-state index is 0. The molecule has 1 atom stereocenters. The Labute approximate surface area is 128 Å². The van der Waals surface area contributed by atoms with Crippen LogP contribution in [0.3, 0.4) is 0 Å². The third-order valence-electron chi connectivity index (χ3n) is 3.57. The van der Waals surface area contributed by atoms with Crippen LogP contribution in [0.25, 0.3) is 0 Å². The van der Waals surface area contributed by atoms with Crippen molar-refractivity contribution < 1.29 is 18.3 Å². The third-order valence-corrected chi connectivity index (χ3v) is 3.57. The van der Waals surface area contributed by atoms with E-state index >= 15 is 0 Å². The first-order valence-electron chi connectivity index (χ1n) is 6.76. The second-order valence-corrected chi connectivity index (χ2v) is 5.05. The molecule has 1 fully saturated rings. The zero-order valence-electron chi connectivity index (χ0n) is 11.6. The van der Waals surface area contributed by atoms with E-state index in [0.717, 1.165) is 31.7 Å². The maximum Gasteiger partial charge on any atom is 0.389 e. The Morgan fingerprint density at radius 3 is 2.24 bits per heavy atom. The maximum absolute atomic E-state index is 12.5. The second-order valence-electron chi connectivity index (χ2n) is 5.05. The van der Waals surface area contributed by atoms with E-state index in [1.807, 2.05) is 0 Å². The van der Waals surface area contributed by atoms with Gasteiger partial charge >= 0.3 is 6.18 Å². The first-order chi connectivity index (χ1) is 9.46. The molecule has 1 aromatic rings. The largest absolute Gasteiger partial charge is 0.508 e. The Morgan fingerprint density at radius 2 is 1.71 bits per heavy atom. The van der Waals surface area contributed by atoms with E-state index < -0.39 is 12.6 Å². The maximum atomic E-state index is 12.5. The van der Waals surface area contributed by atoms with Crippen molar-refractivity contribution in [2.45, 2.75) is 25.1 Å². The van der Waals surface area contributed by atoms with Crippen LogP contribution >= 0.6 is 12.4 Å². The molecule has 0 radical (unpaired) electrons. The quantitative estimate of drug-likeness (QED) is 0.893. The lowest BCUT2D eigenvalue weighted by atomic mass is 9.99. The Kier molecular flexibility index (Phi) is 6.77. The molecule has 1 heterocycles. The fourth-order valence-electron chi connectivity index (χ4n) is 2.55. The van der Waals surface area contributed by atoms with Crippen LogP contribution in [0.2, 0.25) is 0 Å². The molecule has 21 heavy (non-hydrogen) atoms. The van der Waals surface area contributed by atoms with Gasteiger partial charge < -0.3 is 10.4 Å². The van der Waals surface area contributed by atoms with E-state index in [-0.39, 0.29) is 30.6 Å². The number of alkyl halides is 3. The predicted molar refractivity (Wildman–Crippen MR) is 77.8 cm³/mol. The third kappa shape index (κ3) is 5.73. The van der Waals surface area contributed by atoms with E-state index in [4.69, 9.17) is 0 Å². The molecule has 0 aliphatic carbocycles. The molecule has 0 saturated carbocycles. The van der Waals surface area contributed by atoms with Gasteiger partial charge in [-0.15, -0.1) is 12.4 Å². The van der Waals surface area contributed by atoms with Crippen molar-refractivity contribution in [1.29, 1.82) is 0 Å². The van der Waals surface area contributed by atoms with Crippen LogP contribution in [-0.2, 0) is 0 Å². The number of phenols is 1. The lowest BCUT2D eigenvalue weighted by Gasteiger charge is -2.35. The second kappa shape index (κ2) is 7.87. The van der Waals surface area contributed by atoms with Crippen molar-refractivity contribution >= 4 is 12.4 Å². The summed E-state index contributed by atoms with van der Waals surface area (Å²) in [6.07, 6.45) is -4.88. The molecular formula is C14H20ClF3N2O. The van der Waals surface area contributed by atoms with E-state index in [9.17, 15) is 18.3 Å². The van der Waals surface area contributed by atoms with E-state index in [1.54, 1.807) is 12.1 Å². The van der Waals surface area contributed by atoms with Crippen molar-refractivity contribution in [2.75, 3.05) is 26.2 Å². The van der Waals surface area contributed by atoms with E-state index in [1.165, 1.54) is 12.1 Å². The number of rotatable bonds is 4. The molecule has 1 aliphatic rings. The summed E-state index contributed by atoms with van der Waals surface area (Å²) in [7, 11) is 0. The zero-order chi connectivity index (χ0) is 14.6. The van der Waals surface area contributed by atoms with Gasteiger partial charge in [0.25, 0.3) is 0 Å². The normalized spacial score (nSPS) is 18.0. The van der Waals surface area contributed by atoms with Gasteiger partial charge in [0.05, 0.1) is 0 Å². The number of benzene rings is 1. The molecule has 7 heteroatoms. The molecule has 0 amide bonds. The number of phenolic OH excluding ortho intramolecular Hbond substituents is 1. The highest BCUT2D eigenvalue weighted by atomic mass is 35.5. The summed E-state index contributed by atoms with van der Waals surface area (Å²) in [4.78, 5) is 2.08. The number of hydrogen-bond acceptors (Lipinski definition) is 3. The topological polar surface area (TPSA) is 35.5 Å². The summed E-state index contributed by atoms with van der Waals surface area (Å²) in [5.41, 5.74) is 0.828. The Balaban J connectivity index is 0.00000220. The standard InChI is InChI=1S/C14H19F3N2O.ClH/c15-14(16,17)6-5-13(19-9-7-18-8-10-19)11-1-3-12(20)4-2-11;/h1-4,13,18,20H,5-10H2;1H/t13-;/m0./s1. The first kappa shape index (κ1) is 18.1. The summed E-state index contributed by atoms with van der Waals surface area (Å²) in [5.74, 6) is 0.128. The fourth-order valence-corrected chi connectivity index (χ4v) is 2.55. The van der Waals surface area contributed by atoms with Crippen molar-refractivity contribution in [3.05, 3.63) is 29.8 Å². The van der Waals surface area contributed by atoms with Gasteiger partial charge in [-0.05, 0) is 24.1 Å². The van der Waals surface area contributed by atoms with Gasteiger partial charge in [-0.3, -0.25) is 4.90 Å². The summed E-state index contributed by atoms with van der Waals surface area (Å²) >= 11 is 0.